The molecule has 0 bridgehead atoms. The molecule has 164 valence electrons. The number of carbonyl (C=O) groups is 1. The first-order chi connectivity index (χ1) is 15.3. The fraction of sp³-hybridized carbons (Fsp3) is 0.0952. The summed E-state index contributed by atoms with van der Waals surface area (Å²) < 4.78 is 34.0. The summed E-state index contributed by atoms with van der Waals surface area (Å²) in [6.45, 7) is 0. The van der Waals surface area contributed by atoms with Gasteiger partial charge in [0.1, 0.15) is 11.6 Å². The van der Waals surface area contributed by atoms with Crippen molar-refractivity contribution in [3.05, 3.63) is 77.6 Å². The molecule has 2 heterocycles. The van der Waals surface area contributed by atoms with E-state index in [2.05, 4.69) is 15.4 Å². The molecule has 11 heteroatoms. The van der Waals surface area contributed by atoms with Crippen molar-refractivity contribution in [2.45, 2.75) is 4.90 Å². The maximum absolute atomic E-state index is 13.2. The van der Waals surface area contributed by atoms with E-state index in [4.69, 9.17) is 16.3 Å². The number of nitrogens with one attached hydrogen (secondary N) is 1. The normalized spacial score (nSPS) is 11.3. The van der Waals surface area contributed by atoms with Crippen molar-refractivity contribution in [3.8, 4) is 5.75 Å². The number of aromatic nitrogens is 3. The third kappa shape index (κ3) is 3.97. The van der Waals surface area contributed by atoms with Gasteiger partial charge in [0.15, 0.2) is 5.65 Å². The second-order valence-corrected chi connectivity index (χ2v) is 9.07. The molecule has 0 radical (unpaired) electrons. The number of rotatable bonds is 6. The van der Waals surface area contributed by atoms with E-state index < -0.39 is 15.9 Å². The van der Waals surface area contributed by atoms with Crippen LogP contribution in [0.15, 0.2) is 71.9 Å². The zero-order valence-electron chi connectivity index (χ0n) is 17.1. The van der Waals surface area contributed by atoms with Gasteiger partial charge in [0.25, 0.3) is 15.9 Å². The first-order valence-corrected chi connectivity index (χ1v) is 11.2. The summed E-state index contributed by atoms with van der Waals surface area (Å²) in [5.74, 6) is 0.388. The van der Waals surface area contributed by atoms with Crippen LogP contribution in [-0.4, -0.2) is 43.1 Å². The Morgan fingerprint density at radius 3 is 2.56 bits per heavy atom. The molecular formula is C21H18ClN5O4S. The predicted molar refractivity (Wildman–Crippen MR) is 121 cm³/mol. The highest BCUT2D eigenvalue weighted by Crippen LogP contribution is 2.27. The number of hydrogen-bond donors (Lipinski definition) is 1. The zero-order valence-corrected chi connectivity index (χ0v) is 18.6. The van der Waals surface area contributed by atoms with E-state index >= 15 is 0 Å². The fourth-order valence-electron chi connectivity index (χ4n) is 3.04. The molecule has 0 saturated carbocycles. The maximum atomic E-state index is 13.2. The van der Waals surface area contributed by atoms with Crippen molar-refractivity contribution in [2.24, 2.45) is 0 Å². The van der Waals surface area contributed by atoms with Gasteiger partial charge in [0.05, 0.1) is 34.5 Å². The van der Waals surface area contributed by atoms with Crippen LogP contribution in [0.3, 0.4) is 0 Å². The third-order valence-electron chi connectivity index (χ3n) is 4.81. The smallest absolute Gasteiger partial charge is 0.264 e. The Labute approximate surface area is 189 Å². The Hall–Kier alpha value is -3.63. The summed E-state index contributed by atoms with van der Waals surface area (Å²) in [6, 6.07) is 13.8. The molecule has 2 aromatic carbocycles. The molecule has 0 spiro atoms. The SMILES string of the molecule is COc1ccc(N(C)S(=O)(=O)c2ccc(Cl)c(C(=O)Nc3ccnc4ccnn34)c2)cc1. The van der Waals surface area contributed by atoms with Gasteiger partial charge in [0.2, 0.25) is 0 Å². The number of benzene rings is 2. The highest BCUT2D eigenvalue weighted by atomic mass is 35.5. The van der Waals surface area contributed by atoms with E-state index in [9.17, 15) is 13.2 Å². The van der Waals surface area contributed by atoms with Gasteiger partial charge in [-0.3, -0.25) is 9.10 Å². The van der Waals surface area contributed by atoms with Crippen molar-refractivity contribution < 1.29 is 17.9 Å². The lowest BCUT2D eigenvalue weighted by Gasteiger charge is -2.20. The molecule has 0 unspecified atom stereocenters. The van der Waals surface area contributed by atoms with Crippen molar-refractivity contribution >= 4 is 44.7 Å². The molecule has 1 N–H and O–H groups in total. The summed E-state index contributed by atoms with van der Waals surface area (Å²) in [5, 5.41) is 6.91. The number of sulfonamides is 1. The van der Waals surface area contributed by atoms with Crippen LogP contribution in [-0.2, 0) is 10.0 Å². The lowest BCUT2D eigenvalue weighted by atomic mass is 10.2. The highest BCUT2D eigenvalue weighted by molar-refractivity contribution is 7.92. The monoisotopic (exact) mass is 471 g/mol. The molecule has 0 aliphatic heterocycles. The van der Waals surface area contributed by atoms with Crippen LogP contribution in [0.4, 0.5) is 11.5 Å². The molecule has 4 rings (SSSR count). The molecule has 32 heavy (non-hydrogen) atoms. The van der Waals surface area contributed by atoms with Crippen molar-refractivity contribution in [2.75, 3.05) is 23.8 Å². The Bertz CT molecular complexity index is 1400. The largest absolute Gasteiger partial charge is 0.497 e. The van der Waals surface area contributed by atoms with Crippen LogP contribution >= 0.6 is 11.6 Å². The van der Waals surface area contributed by atoms with Gasteiger partial charge in [-0.15, -0.1) is 0 Å². The number of anilines is 2. The van der Waals surface area contributed by atoms with Gasteiger partial charge in [0, 0.05) is 19.3 Å². The highest BCUT2D eigenvalue weighted by Gasteiger charge is 2.24. The van der Waals surface area contributed by atoms with Crippen LogP contribution in [0.1, 0.15) is 10.4 Å². The lowest BCUT2D eigenvalue weighted by molar-refractivity contribution is 0.102. The second-order valence-electron chi connectivity index (χ2n) is 6.70. The van der Waals surface area contributed by atoms with Crippen LogP contribution in [0.25, 0.3) is 5.65 Å². The van der Waals surface area contributed by atoms with Crippen LogP contribution < -0.4 is 14.4 Å². The topological polar surface area (TPSA) is 106 Å². The van der Waals surface area contributed by atoms with Crippen molar-refractivity contribution in [1.29, 1.82) is 0 Å². The number of amides is 1. The number of halogens is 1. The molecule has 1 amide bonds. The minimum Gasteiger partial charge on any atom is -0.497 e. The summed E-state index contributed by atoms with van der Waals surface area (Å²) in [4.78, 5) is 17.0. The number of methoxy groups -OCH3 is 1. The van der Waals surface area contributed by atoms with E-state index in [0.29, 0.717) is 22.9 Å². The van der Waals surface area contributed by atoms with Gasteiger partial charge in [-0.05, 0) is 48.5 Å². The Balaban J connectivity index is 1.65. The number of fused-ring (bicyclic) bond motifs is 1. The second kappa shape index (κ2) is 8.48. The fourth-order valence-corrected chi connectivity index (χ4v) is 4.47. The Morgan fingerprint density at radius 1 is 1.09 bits per heavy atom. The standard InChI is InChI=1S/C21H18ClN5O4S/c1-26(14-3-5-15(31-2)6-4-14)32(29,30)16-7-8-18(22)17(13-16)21(28)25-20-9-11-23-19-10-12-24-27(19)20/h3-13H,1-2H3,(H,25,28). The summed E-state index contributed by atoms with van der Waals surface area (Å²) in [6.07, 6.45) is 3.08. The van der Waals surface area contributed by atoms with E-state index in [1.165, 1.54) is 43.1 Å². The van der Waals surface area contributed by atoms with Gasteiger partial charge in [-0.1, -0.05) is 11.6 Å². The Kier molecular flexibility index (Phi) is 5.72. The molecular weight excluding hydrogens is 454 g/mol. The van der Waals surface area contributed by atoms with Gasteiger partial charge >= 0.3 is 0 Å². The molecule has 0 saturated heterocycles. The van der Waals surface area contributed by atoms with E-state index in [1.807, 2.05) is 0 Å². The van der Waals surface area contributed by atoms with Crippen molar-refractivity contribution in [1.82, 2.24) is 14.6 Å². The minimum atomic E-state index is -3.96. The first kappa shape index (κ1) is 21.6. The maximum Gasteiger partial charge on any atom is 0.264 e. The number of hydrogen-bond acceptors (Lipinski definition) is 6. The summed E-state index contributed by atoms with van der Waals surface area (Å²) >= 11 is 6.22. The minimum absolute atomic E-state index is 0.00740. The molecule has 9 nitrogen and oxygen atoms in total. The number of nitrogens with zero attached hydrogens (tertiary/aromatic N) is 4. The van der Waals surface area contributed by atoms with E-state index in [-0.39, 0.29) is 15.5 Å². The average Bonchev–Trinajstić information content (AvgIpc) is 3.28. The molecule has 0 atom stereocenters. The quantitative estimate of drug-likeness (QED) is 0.461. The molecule has 0 aliphatic carbocycles. The number of carbonyl (C=O) groups excluding carboxylic acids is 1. The van der Waals surface area contributed by atoms with Gasteiger partial charge in [-0.2, -0.15) is 9.61 Å². The third-order valence-corrected chi connectivity index (χ3v) is 6.92. The van der Waals surface area contributed by atoms with Crippen molar-refractivity contribution in [3.63, 3.8) is 0 Å². The van der Waals surface area contributed by atoms with Crippen LogP contribution in [0.5, 0.6) is 5.75 Å². The van der Waals surface area contributed by atoms with Crippen LogP contribution in [0.2, 0.25) is 5.02 Å². The summed E-state index contributed by atoms with van der Waals surface area (Å²) in [5.41, 5.74) is 0.990. The molecule has 4 aromatic rings. The van der Waals surface area contributed by atoms with E-state index in [0.717, 1.165) is 4.31 Å². The molecule has 0 fully saturated rings. The number of ether oxygens (including phenoxy) is 1. The van der Waals surface area contributed by atoms with E-state index in [1.54, 1.807) is 42.6 Å². The average molecular weight is 472 g/mol. The van der Waals surface area contributed by atoms with Crippen LogP contribution in [0, 0.1) is 0 Å². The van der Waals surface area contributed by atoms with Gasteiger partial charge < -0.3 is 10.1 Å². The molecule has 2 aromatic heterocycles. The zero-order chi connectivity index (χ0) is 22.9. The van der Waals surface area contributed by atoms with Gasteiger partial charge in [-0.25, -0.2) is 13.4 Å². The first-order valence-electron chi connectivity index (χ1n) is 9.34. The Morgan fingerprint density at radius 2 is 1.84 bits per heavy atom. The molecule has 0 aliphatic rings. The predicted octanol–water partition coefficient (Wildman–Crippen LogP) is 3.47. The summed E-state index contributed by atoms with van der Waals surface area (Å²) in [7, 11) is -1.00. The lowest BCUT2D eigenvalue weighted by Crippen LogP contribution is -2.27.